The molecular weight excluding hydrogens is 651 g/mol. The van der Waals surface area contributed by atoms with Gasteiger partial charge < -0.3 is 16.0 Å². The third-order valence-electron chi connectivity index (χ3n) is 7.29. The van der Waals surface area contributed by atoms with Gasteiger partial charge in [-0.2, -0.15) is 0 Å². The van der Waals surface area contributed by atoms with Crippen LogP contribution < -0.4 is 16.0 Å². The molecule has 0 aliphatic carbocycles. The number of carbonyl (C=O) groups excluding carboxylic acids is 3. The zero-order valence-corrected chi connectivity index (χ0v) is 28.0. The molecule has 0 spiro atoms. The van der Waals surface area contributed by atoms with Gasteiger partial charge in [-0.05, 0) is 60.5 Å². The van der Waals surface area contributed by atoms with Crippen molar-refractivity contribution in [2.45, 2.75) is 17.1 Å². The van der Waals surface area contributed by atoms with Crippen molar-refractivity contribution in [2.24, 2.45) is 0 Å². The quantitative estimate of drug-likeness (QED) is 0.0935. The SMILES string of the molecule is Cc1ccc(-c2csc(NC(=O)C(Sc3cccc(NC(=O)/C(=C/c4cccnc4)NC(=O)c4ccccc4)c3)c3ccccc3)n2)cc1. The number of thioether (sulfide) groups is 1. The average molecular weight is 682 g/mol. The highest BCUT2D eigenvalue weighted by Crippen LogP contribution is 2.38. The second-order valence-corrected chi connectivity index (χ2v) is 13.0. The Hall–Kier alpha value is -5.84. The number of aromatic nitrogens is 2. The number of pyridine rings is 1. The van der Waals surface area contributed by atoms with E-state index in [9.17, 15) is 14.4 Å². The minimum atomic E-state index is -0.606. The Balaban J connectivity index is 1.20. The first-order valence-electron chi connectivity index (χ1n) is 15.4. The highest BCUT2D eigenvalue weighted by molar-refractivity contribution is 8.00. The maximum absolute atomic E-state index is 13.8. The van der Waals surface area contributed by atoms with Gasteiger partial charge in [0.05, 0.1) is 5.69 Å². The number of carbonyl (C=O) groups is 3. The maximum Gasteiger partial charge on any atom is 0.272 e. The lowest BCUT2D eigenvalue weighted by atomic mass is 10.1. The van der Waals surface area contributed by atoms with Crippen molar-refractivity contribution in [1.29, 1.82) is 0 Å². The molecule has 0 fully saturated rings. The first kappa shape index (κ1) is 33.1. The Morgan fingerprint density at radius 3 is 2.31 bits per heavy atom. The van der Waals surface area contributed by atoms with E-state index in [2.05, 4.69) is 25.9 Å². The van der Waals surface area contributed by atoms with Gasteiger partial charge in [0.15, 0.2) is 5.13 Å². The predicted molar refractivity (Wildman–Crippen MR) is 197 cm³/mol. The fourth-order valence-electron chi connectivity index (χ4n) is 4.81. The lowest BCUT2D eigenvalue weighted by Gasteiger charge is -2.17. The van der Waals surface area contributed by atoms with Crippen molar-refractivity contribution < 1.29 is 14.4 Å². The summed E-state index contributed by atoms with van der Waals surface area (Å²) in [5.74, 6) is -1.15. The van der Waals surface area contributed by atoms with Gasteiger partial charge in [-0.25, -0.2) is 4.98 Å². The summed E-state index contributed by atoms with van der Waals surface area (Å²) in [5.41, 5.74) is 5.37. The van der Waals surface area contributed by atoms with Gasteiger partial charge in [0, 0.05) is 39.5 Å². The van der Waals surface area contributed by atoms with Crippen LogP contribution in [0, 0.1) is 6.92 Å². The molecule has 8 nitrogen and oxygen atoms in total. The third-order valence-corrected chi connectivity index (χ3v) is 9.30. The van der Waals surface area contributed by atoms with E-state index in [-0.39, 0.29) is 11.6 Å². The van der Waals surface area contributed by atoms with Crippen molar-refractivity contribution in [1.82, 2.24) is 15.3 Å². The van der Waals surface area contributed by atoms with Gasteiger partial charge in [-0.1, -0.05) is 90.5 Å². The van der Waals surface area contributed by atoms with E-state index in [1.165, 1.54) is 23.1 Å². The maximum atomic E-state index is 13.8. The summed E-state index contributed by atoms with van der Waals surface area (Å²) in [6.45, 7) is 2.03. The molecule has 10 heteroatoms. The Kier molecular flexibility index (Phi) is 10.7. The number of nitrogens with zero attached hydrogens (tertiary/aromatic N) is 2. The number of hydrogen-bond donors (Lipinski definition) is 3. The molecule has 49 heavy (non-hydrogen) atoms. The molecule has 1 unspecified atom stereocenters. The monoisotopic (exact) mass is 681 g/mol. The number of benzene rings is 4. The summed E-state index contributed by atoms with van der Waals surface area (Å²) in [6.07, 6.45) is 4.80. The third kappa shape index (κ3) is 8.95. The van der Waals surface area contributed by atoms with Crippen molar-refractivity contribution in [3.63, 3.8) is 0 Å². The van der Waals surface area contributed by atoms with Crippen LogP contribution in [0.5, 0.6) is 0 Å². The average Bonchev–Trinajstić information content (AvgIpc) is 3.60. The molecular formula is C39H31N5O3S2. The molecule has 6 aromatic rings. The topological polar surface area (TPSA) is 113 Å². The van der Waals surface area contributed by atoms with E-state index in [1.807, 2.05) is 79.0 Å². The first-order chi connectivity index (χ1) is 23.9. The molecule has 0 saturated carbocycles. The van der Waals surface area contributed by atoms with Crippen LogP contribution in [0.1, 0.15) is 32.3 Å². The van der Waals surface area contributed by atoms with E-state index < -0.39 is 17.1 Å². The molecule has 1 atom stereocenters. The second-order valence-electron chi connectivity index (χ2n) is 10.9. The van der Waals surface area contributed by atoms with Crippen LogP contribution in [0.25, 0.3) is 17.3 Å². The van der Waals surface area contributed by atoms with Crippen LogP contribution in [-0.4, -0.2) is 27.7 Å². The molecule has 0 aliphatic rings. The summed E-state index contributed by atoms with van der Waals surface area (Å²) >= 11 is 2.73. The standard InChI is InChI=1S/C39H31N5O3S2/c1-26-17-19-28(20-18-26)34-25-48-39(43-34)44-38(47)35(29-11-4-2-5-12-29)49-32-16-8-15-31(23-32)41-37(46)33(22-27-10-9-21-40-24-27)42-36(45)30-13-6-3-7-14-30/h2-25,35H,1H3,(H,41,46)(H,42,45)(H,43,44,47)/b33-22-. The predicted octanol–water partition coefficient (Wildman–Crippen LogP) is 8.40. The molecule has 3 amide bonds. The lowest BCUT2D eigenvalue weighted by Crippen LogP contribution is -2.30. The zero-order valence-electron chi connectivity index (χ0n) is 26.4. The number of aryl methyl sites for hydroxylation is 1. The largest absolute Gasteiger partial charge is 0.321 e. The number of nitrogens with one attached hydrogen (secondary N) is 3. The Morgan fingerprint density at radius 2 is 1.57 bits per heavy atom. The summed E-state index contributed by atoms with van der Waals surface area (Å²) in [5, 5.41) is 10.5. The van der Waals surface area contributed by atoms with Gasteiger partial charge >= 0.3 is 0 Å². The van der Waals surface area contributed by atoms with Crippen LogP contribution >= 0.6 is 23.1 Å². The Labute approximate surface area is 292 Å². The molecule has 0 saturated heterocycles. The molecule has 242 valence electrons. The Bertz CT molecular complexity index is 2080. The molecule has 2 aromatic heterocycles. The van der Waals surface area contributed by atoms with E-state index in [1.54, 1.807) is 73.1 Å². The minimum Gasteiger partial charge on any atom is -0.321 e. The lowest BCUT2D eigenvalue weighted by molar-refractivity contribution is -0.116. The van der Waals surface area contributed by atoms with Crippen LogP contribution in [0.2, 0.25) is 0 Å². The van der Waals surface area contributed by atoms with Crippen molar-refractivity contribution in [3.05, 3.63) is 167 Å². The number of anilines is 2. The zero-order chi connectivity index (χ0) is 34.0. The smallest absolute Gasteiger partial charge is 0.272 e. The molecule has 6 rings (SSSR count). The van der Waals surface area contributed by atoms with Gasteiger partial charge in [0.25, 0.3) is 11.8 Å². The fourth-order valence-corrected chi connectivity index (χ4v) is 6.62. The van der Waals surface area contributed by atoms with Gasteiger partial charge in [0.1, 0.15) is 10.9 Å². The highest BCUT2D eigenvalue weighted by atomic mass is 32.2. The van der Waals surface area contributed by atoms with Crippen molar-refractivity contribution >= 4 is 57.7 Å². The summed E-state index contributed by atoms with van der Waals surface area (Å²) in [4.78, 5) is 49.9. The number of thiazole rings is 1. The summed E-state index contributed by atoms with van der Waals surface area (Å²) < 4.78 is 0. The van der Waals surface area contributed by atoms with Gasteiger partial charge in [0.2, 0.25) is 5.91 Å². The van der Waals surface area contributed by atoms with Crippen LogP contribution in [0.4, 0.5) is 10.8 Å². The molecule has 0 aliphatic heterocycles. The van der Waals surface area contributed by atoms with E-state index in [0.717, 1.165) is 27.3 Å². The van der Waals surface area contributed by atoms with Crippen molar-refractivity contribution in [2.75, 3.05) is 10.6 Å². The van der Waals surface area contributed by atoms with E-state index in [4.69, 9.17) is 0 Å². The normalized spacial score (nSPS) is 11.7. The molecule has 0 radical (unpaired) electrons. The number of hydrogen-bond acceptors (Lipinski definition) is 7. The minimum absolute atomic E-state index is 0.0508. The highest BCUT2D eigenvalue weighted by Gasteiger charge is 2.24. The first-order valence-corrected chi connectivity index (χ1v) is 17.1. The number of rotatable bonds is 11. The van der Waals surface area contributed by atoms with E-state index >= 15 is 0 Å². The fraction of sp³-hybridized carbons (Fsp3) is 0.0513. The van der Waals surface area contributed by atoms with E-state index in [0.29, 0.717) is 21.9 Å². The summed E-state index contributed by atoms with van der Waals surface area (Å²) in [7, 11) is 0. The van der Waals surface area contributed by atoms with Crippen molar-refractivity contribution in [3.8, 4) is 11.3 Å². The molecule has 2 heterocycles. The summed E-state index contributed by atoms with van der Waals surface area (Å²) in [6, 6.07) is 37.0. The van der Waals surface area contributed by atoms with Gasteiger partial charge in [-0.3, -0.25) is 19.4 Å². The Morgan fingerprint density at radius 1 is 0.816 bits per heavy atom. The van der Waals surface area contributed by atoms with Crippen LogP contribution in [0.3, 0.4) is 0 Å². The van der Waals surface area contributed by atoms with Gasteiger partial charge in [-0.15, -0.1) is 23.1 Å². The van der Waals surface area contributed by atoms with Crippen LogP contribution in [-0.2, 0) is 9.59 Å². The van der Waals surface area contributed by atoms with Crippen LogP contribution in [0.15, 0.2) is 150 Å². The molecule has 3 N–H and O–H groups in total. The number of amides is 3. The second kappa shape index (κ2) is 15.8. The molecule has 4 aromatic carbocycles. The molecule has 0 bridgehead atoms.